The van der Waals surface area contributed by atoms with Crippen LogP contribution in [0.25, 0.3) is 0 Å². The van der Waals surface area contributed by atoms with E-state index in [2.05, 4.69) is 0 Å². The summed E-state index contributed by atoms with van der Waals surface area (Å²) in [7, 11) is 0. The van der Waals surface area contributed by atoms with Crippen LogP contribution in [0.3, 0.4) is 0 Å². The van der Waals surface area contributed by atoms with Crippen LogP contribution in [-0.2, 0) is 6.18 Å². The zero-order valence-corrected chi connectivity index (χ0v) is 15.1. The van der Waals surface area contributed by atoms with Crippen LogP contribution in [0.1, 0.15) is 26.3 Å². The molecule has 0 atom stereocenters. The monoisotopic (exact) mass is 437 g/mol. The Bertz CT molecular complexity index is 1180. The third kappa shape index (κ3) is 3.49. The molecule has 3 aromatic carbocycles. The minimum Gasteiger partial charge on any atom is -0.451 e. The number of halogens is 6. The van der Waals surface area contributed by atoms with E-state index in [-0.39, 0.29) is 23.3 Å². The summed E-state index contributed by atoms with van der Waals surface area (Å²) in [6, 6.07) is 8.44. The zero-order chi connectivity index (χ0) is 22.5. The van der Waals surface area contributed by atoms with Crippen molar-refractivity contribution in [1.29, 1.82) is 0 Å². The van der Waals surface area contributed by atoms with Gasteiger partial charge in [0.15, 0.2) is 17.4 Å². The molecule has 1 aliphatic heterocycles. The summed E-state index contributed by atoms with van der Waals surface area (Å²) in [5.74, 6) is -7.49. The van der Waals surface area contributed by atoms with Crippen molar-refractivity contribution in [3.8, 4) is 11.5 Å². The van der Waals surface area contributed by atoms with Gasteiger partial charge in [0.2, 0.25) is 0 Å². The molecule has 4 rings (SSSR count). The highest BCUT2D eigenvalue weighted by molar-refractivity contribution is 6.34. The number of fused-ring (bicyclic) bond motifs is 1. The fraction of sp³-hybridized carbons (Fsp3) is 0.0476. The first-order chi connectivity index (χ1) is 14.6. The number of amides is 2. The quantitative estimate of drug-likeness (QED) is 0.389. The number of benzene rings is 3. The van der Waals surface area contributed by atoms with Gasteiger partial charge in [-0.25, -0.2) is 18.1 Å². The van der Waals surface area contributed by atoms with Gasteiger partial charge in [-0.2, -0.15) is 13.2 Å². The van der Waals surface area contributed by atoms with Crippen LogP contribution in [-0.4, -0.2) is 11.8 Å². The summed E-state index contributed by atoms with van der Waals surface area (Å²) in [5, 5.41) is 0. The van der Waals surface area contributed by atoms with Crippen molar-refractivity contribution in [2.75, 3.05) is 4.90 Å². The van der Waals surface area contributed by atoms with Gasteiger partial charge >= 0.3 is 6.18 Å². The average Bonchev–Trinajstić information content (AvgIpc) is 2.96. The minimum absolute atomic E-state index is 0.0399. The van der Waals surface area contributed by atoms with E-state index < -0.39 is 58.2 Å². The fourth-order valence-electron chi connectivity index (χ4n) is 3.07. The van der Waals surface area contributed by atoms with E-state index in [0.29, 0.717) is 4.90 Å². The van der Waals surface area contributed by atoms with Crippen molar-refractivity contribution < 1.29 is 40.7 Å². The second-order valence-corrected chi connectivity index (χ2v) is 6.47. The van der Waals surface area contributed by atoms with Crippen LogP contribution >= 0.6 is 0 Å². The molecule has 0 saturated heterocycles. The molecule has 1 heterocycles. The van der Waals surface area contributed by atoms with Gasteiger partial charge in [0, 0.05) is 6.07 Å². The topological polar surface area (TPSA) is 46.6 Å². The van der Waals surface area contributed by atoms with Crippen molar-refractivity contribution in [3.63, 3.8) is 0 Å². The molecule has 0 aliphatic carbocycles. The van der Waals surface area contributed by atoms with Gasteiger partial charge in [-0.3, -0.25) is 9.59 Å². The summed E-state index contributed by atoms with van der Waals surface area (Å²) in [5.41, 5.74) is -2.02. The molecule has 10 heteroatoms. The van der Waals surface area contributed by atoms with E-state index in [4.69, 9.17) is 4.74 Å². The van der Waals surface area contributed by atoms with Crippen LogP contribution in [0.4, 0.5) is 32.0 Å². The minimum atomic E-state index is -4.98. The summed E-state index contributed by atoms with van der Waals surface area (Å²) >= 11 is 0. The van der Waals surface area contributed by atoms with E-state index in [1.807, 2.05) is 0 Å². The van der Waals surface area contributed by atoms with Gasteiger partial charge in [-0.05, 0) is 36.4 Å². The number of rotatable bonds is 3. The number of ether oxygens (including phenoxy) is 1. The molecule has 0 spiro atoms. The molecule has 4 nitrogen and oxygen atoms in total. The second-order valence-electron chi connectivity index (χ2n) is 6.47. The highest BCUT2D eigenvalue weighted by Crippen LogP contribution is 2.37. The number of hydrogen-bond donors (Lipinski definition) is 0. The average molecular weight is 437 g/mol. The lowest BCUT2D eigenvalue weighted by molar-refractivity contribution is -0.138. The van der Waals surface area contributed by atoms with Crippen molar-refractivity contribution in [2.24, 2.45) is 0 Å². The highest BCUT2D eigenvalue weighted by atomic mass is 19.4. The lowest BCUT2D eigenvalue weighted by Crippen LogP contribution is -2.30. The first-order valence-electron chi connectivity index (χ1n) is 8.59. The first-order valence-corrected chi connectivity index (χ1v) is 8.59. The third-order valence-corrected chi connectivity index (χ3v) is 4.50. The van der Waals surface area contributed by atoms with Crippen molar-refractivity contribution in [2.45, 2.75) is 6.18 Å². The standard InChI is InChI=1S/C21H9F6NO3/c22-14-6-5-11(31-18-15(23)7-10(8-16(18)24)21(25,26)27)9-17(14)28-19(29)12-3-1-2-4-13(12)20(28)30/h1-9H. The number of hydrogen-bond acceptors (Lipinski definition) is 3. The van der Waals surface area contributed by atoms with Gasteiger partial charge in [-0.15, -0.1) is 0 Å². The number of anilines is 1. The van der Waals surface area contributed by atoms with E-state index in [9.17, 15) is 35.9 Å². The molecular weight excluding hydrogens is 428 g/mol. The Morgan fingerprint density at radius 1 is 0.742 bits per heavy atom. The number of nitrogens with zero attached hydrogens (tertiary/aromatic N) is 1. The zero-order valence-electron chi connectivity index (χ0n) is 15.1. The summed E-state index contributed by atoms with van der Waals surface area (Å²) in [6.45, 7) is 0. The van der Waals surface area contributed by atoms with Crippen molar-refractivity contribution in [3.05, 3.63) is 88.7 Å². The number of carbonyl (C=O) groups is 2. The Labute approximate surface area is 170 Å². The molecule has 0 bridgehead atoms. The van der Waals surface area contributed by atoms with Crippen molar-refractivity contribution in [1.82, 2.24) is 0 Å². The lowest BCUT2D eigenvalue weighted by atomic mass is 10.1. The molecule has 0 aromatic heterocycles. The van der Waals surface area contributed by atoms with E-state index in [1.54, 1.807) is 0 Å². The molecular formula is C21H9F6NO3. The predicted octanol–water partition coefficient (Wildman–Crippen LogP) is 5.72. The van der Waals surface area contributed by atoms with Crippen LogP contribution < -0.4 is 9.64 Å². The maximum Gasteiger partial charge on any atom is 0.416 e. The van der Waals surface area contributed by atoms with Gasteiger partial charge in [0.05, 0.1) is 22.4 Å². The van der Waals surface area contributed by atoms with E-state index in [1.165, 1.54) is 24.3 Å². The first kappa shape index (κ1) is 20.5. The number of carbonyl (C=O) groups excluding carboxylic acids is 2. The highest BCUT2D eigenvalue weighted by Gasteiger charge is 2.38. The van der Waals surface area contributed by atoms with Crippen molar-refractivity contribution >= 4 is 17.5 Å². The van der Waals surface area contributed by atoms with E-state index in [0.717, 1.165) is 18.2 Å². The Morgan fingerprint density at radius 2 is 1.29 bits per heavy atom. The Morgan fingerprint density at radius 3 is 1.81 bits per heavy atom. The van der Waals surface area contributed by atoms with Gasteiger partial charge in [-0.1, -0.05) is 12.1 Å². The molecule has 0 saturated carbocycles. The Hall–Kier alpha value is -3.82. The Balaban J connectivity index is 1.71. The molecule has 3 aromatic rings. The molecule has 1 aliphatic rings. The van der Waals surface area contributed by atoms with Gasteiger partial charge in [0.25, 0.3) is 11.8 Å². The molecule has 0 fully saturated rings. The molecule has 31 heavy (non-hydrogen) atoms. The largest absolute Gasteiger partial charge is 0.451 e. The van der Waals surface area contributed by atoms with Crippen LogP contribution in [0.15, 0.2) is 54.6 Å². The Kier molecular flexibility index (Phi) is 4.72. The fourth-order valence-corrected chi connectivity index (χ4v) is 3.07. The smallest absolute Gasteiger partial charge is 0.416 e. The molecule has 0 radical (unpaired) electrons. The SMILES string of the molecule is O=C1c2ccccc2C(=O)N1c1cc(Oc2c(F)cc(C(F)(F)F)cc2F)ccc1F. The van der Waals surface area contributed by atoms with Crippen LogP contribution in [0, 0.1) is 17.5 Å². The maximum absolute atomic E-state index is 14.4. The summed E-state index contributed by atoms with van der Waals surface area (Å²) in [6.07, 6.45) is -4.98. The van der Waals surface area contributed by atoms with E-state index >= 15 is 0 Å². The van der Waals surface area contributed by atoms with Crippen LogP contribution in [0.2, 0.25) is 0 Å². The number of alkyl halides is 3. The number of imide groups is 1. The second kappa shape index (κ2) is 7.15. The predicted molar refractivity (Wildman–Crippen MR) is 95.4 cm³/mol. The third-order valence-electron chi connectivity index (χ3n) is 4.50. The summed E-state index contributed by atoms with van der Waals surface area (Å²) in [4.78, 5) is 25.6. The molecule has 2 amide bonds. The molecule has 0 N–H and O–H groups in total. The normalized spacial score (nSPS) is 13.5. The molecule has 158 valence electrons. The van der Waals surface area contributed by atoms with Gasteiger partial charge in [0.1, 0.15) is 11.6 Å². The maximum atomic E-state index is 14.4. The summed E-state index contributed by atoms with van der Waals surface area (Å²) < 4.78 is 85.5. The van der Waals surface area contributed by atoms with Crippen LogP contribution in [0.5, 0.6) is 11.5 Å². The van der Waals surface area contributed by atoms with Gasteiger partial charge < -0.3 is 4.74 Å². The lowest BCUT2D eigenvalue weighted by Gasteiger charge is -2.17. The molecule has 0 unspecified atom stereocenters.